The van der Waals surface area contributed by atoms with Crippen LogP contribution in [0.5, 0.6) is 17.2 Å². The van der Waals surface area contributed by atoms with E-state index in [9.17, 15) is 18.8 Å². The normalized spacial score (nSPS) is 10.6. The van der Waals surface area contributed by atoms with E-state index in [1.807, 2.05) is 6.92 Å². The molecule has 2 amide bonds. The van der Waals surface area contributed by atoms with Crippen LogP contribution in [0.15, 0.2) is 71.8 Å². The van der Waals surface area contributed by atoms with Crippen LogP contribution in [0.2, 0.25) is 0 Å². The topological polar surface area (TPSA) is 115 Å². The Hall–Kier alpha value is -4.73. The van der Waals surface area contributed by atoms with Crippen molar-refractivity contribution in [2.75, 3.05) is 18.5 Å². The van der Waals surface area contributed by atoms with Gasteiger partial charge in [0.25, 0.3) is 0 Å². The van der Waals surface area contributed by atoms with Crippen molar-refractivity contribution in [3.63, 3.8) is 0 Å². The maximum absolute atomic E-state index is 13.0. The number of amides is 2. The SMILES string of the molecule is CCCOc1ccc(C(=O)Oc2ccc(/C=N\NC(=O)C(=O)Nc3ccc(F)cc3)cc2OCC)cc1. The highest BCUT2D eigenvalue weighted by molar-refractivity contribution is 6.39. The first kappa shape index (κ1) is 26.9. The van der Waals surface area contributed by atoms with E-state index >= 15 is 0 Å². The fraction of sp³-hybridized carbons (Fsp3) is 0.185. The lowest BCUT2D eigenvalue weighted by molar-refractivity contribution is -0.136. The summed E-state index contributed by atoms with van der Waals surface area (Å²) in [6, 6.07) is 16.3. The fourth-order valence-electron chi connectivity index (χ4n) is 2.96. The summed E-state index contributed by atoms with van der Waals surface area (Å²) in [7, 11) is 0. The van der Waals surface area contributed by atoms with Crippen molar-refractivity contribution in [3.05, 3.63) is 83.7 Å². The third-order valence-corrected chi connectivity index (χ3v) is 4.72. The van der Waals surface area contributed by atoms with E-state index in [-0.39, 0.29) is 11.4 Å². The van der Waals surface area contributed by atoms with Crippen molar-refractivity contribution < 1.29 is 33.0 Å². The minimum atomic E-state index is -1.01. The van der Waals surface area contributed by atoms with Crippen molar-refractivity contribution in [1.29, 1.82) is 0 Å². The molecule has 0 saturated carbocycles. The van der Waals surface area contributed by atoms with E-state index in [1.54, 1.807) is 43.3 Å². The van der Waals surface area contributed by atoms with Gasteiger partial charge in [-0.1, -0.05) is 6.92 Å². The number of nitrogens with zero attached hydrogens (tertiary/aromatic N) is 1. The number of esters is 1. The number of hydrogen-bond donors (Lipinski definition) is 2. The molecule has 9 nitrogen and oxygen atoms in total. The van der Waals surface area contributed by atoms with Crippen molar-refractivity contribution in [2.45, 2.75) is 20.3 Å². The quantitative estimate of drug-likeness (QED) is 0.139. The van der Waals surface area contributed by atoms with Crippen LogP contribution < -0.4 is 25.0 Å². The largest absolute Gasteiger partial charge is 0.494 e. The summed E-state index contributed by atoms with van der Waals surface area (Å²) in [6.45, 7) is 4.69. The van der Waals surface area contributed by atoms with Crippen LogP contribution in [0.3, 0.4) is 0 Å². The highest BCUT2D eigenvalue weighted by atomic mass is 19.1. The van der Waals surface area contributed by atoms with E-state index in [0.717, 1.165) is 18.6 Å². The molecule has 3 aromatic carbocycles. The molecule has 0 aliphatic carbocycles. The van der Waals surface area contributed by atoms with Crippen LogP contribution in [0, 0.1) is 5.82 Å². The van der Waals surface area contributed by atoms with Gasteiger partial charge >= 0.3 is 17.8 Å². The van der Waals surface area contributed by atoms with E-state index in [1.165, 1.54) is 24.4 Å². The molecule has 3 rings (SSSR count). The number of anilines is 1. The Labute approximate surface area is 213 Å². The van der Waals surface area contributed by atoms with E-state index in [2.05, 4.69) is 15.8 Å². The van der Waals surface area contributed by atoms with Crippen LogP contribution >= 0.6 is 0 Å². The Morgan fingerprint density at radius 2 is 1.62 bits per heavy atom. The summed E-state index contributed by atoms with van der Waals surface area (Å²) in [4.78, 5) is 36.5. The van der Waals surface area contributed by atoms with Gasteiger partial charge in [0.1, 0.15) is 11.6 Å². The zero-order valence-corrected chi connectivity index (χ0v) is 20.3. The van der Waals surface area contributed by atoms with Crippen molar-refractivity contribution in [3.8, 4) is 17.2 Å². The van der Waals surface area contributed by atoms with Gasteiger partial charge in [-0.15, -0.1) is 0 Å². The number of hydrazone groups is 1. The first-order chi connectivity index (χ1) is 17.9. The second kappa shape index (κ2) is 13.4. The first-order valence-electron chi connectivity index (χ1n) is 11.5. The smallest absolute Gasteiger partial charge is 0.343 e. The van der Waals surface area contributed by atoms with Gasteiger partial charge in [-0.25, -0.2) is 14.6 Å². The number of hydrogen-bond acceptors (Lipinski definition) is 7. The molecular weight excluding hydrogens is 481 g/mol. The lowest BCUT2D eigenvalue weighted by atomic mass is 10.2. The average molecular weight is 508 g/mol. The Morgan fingerprint density at radius 3 is 2.30 bits per heavy atom. The summed E-state index contributed by atoms with van der Waals surface area (Å²) >= 11 is 0. The van der Waals surface area contributed by atoms with Crippen LogP contribution in [0.25, 0.3) is 0 Å². The predicted molar refractivity (Wildman–Crippen MR) is 136 cm³/mol. The Morgan fingerprint density at radius 1 is 0.892 bits per heavy atom. The minimum Gasteiger partial charge on any atom is -0.494 e. The molecule has 37 heavy (non-hydrogen) atoms. The lowest BCUT2D eigenvalue weighted by Gasteiger charge is -2.12. The molecule has 0 heterocycles. The number of rotatable bonds is 10. The molecular formula is C27H26FN3O6. The summed E-state index contributed by atoms with van der Waals surface area (Å²) in [5.41, 5.74) is 3.23. The van der Waals surface area contributed by atoms with Crippen LogP contribution in [-0.4, -0.2) is 37.2 Å². The van der Waals surface area contributed by atoms with Gasteiger partial charge in [-0.05, 0) is 85.6 Å². The van der Waals surface area contributed by atoms with Gasteiger partial charge in [0, 0.05) is 5.69 Å². The molecule has 0 radical (unpaired) electrons. The van der Waals surface area contributed by atoms with E-state index < -0.39 is 23.6 Å². The molecule has 0 aromatic heterocycles. The van der Waals surface area contributed by atoms with Gasteiger partial charge in [-0.3, -0.25) is 9.59 Å². The maximum atomic E-state index is 13.0. The number of carbonyl (C=O) groups excluding carboxylic acids is 3. The fourth-order valence-corrected chi connectivity index (χ4v) is 2.96. The summed E-state index contributed by atoms with van der Waals surface area (Å²) in [5.74, 6) is -1.85. The molecule has 2 N–H and O–H groups in total. The van der Waals surface area contributed by atoms with Crippen molar-refractivity contribution in [2.24, 2.45) is 5.10 Å². The number of halogens is 1. The van der Waals surface area contributed by atoms with Gasteiger partial charge in [0.05, 0.1) is 25.0 Å². The summed E-state index contributed by atoms with van der Waals surface area (Å²) in [5, 5.41) is 6.09. The van der Waals surface area contributed by atoms with Crippen molar-refractivity contribution >= 4 is 29.7 Å². The second-order valence-corrected chi connectivity index (χ2v) is 7.56. The number of ether oxygens (including phenoxy) is 3. The maximum Gasteiger partial charge on any atom is 0.343 e. The summed E-state index contributed by atoms with van der Waals surface area (Å²) in [6.07, 6.45) is 2.18. The molecule has 0 aliphatic rings. The van der Waals surface area contributed by atoms with Crippen LogP contribution in [-0.2, 0) is 9.59 Å². The van der Waals surface area contributed by atoms with Gasteiger partial charge in [-0.2, -0.15) is 5.10 Å². The van der Waals surface area contributed by atoms with E-state index in [0.29, 0.717) is 35.8 Å². The van der Waals surface area contributed by atoms with Gasteiger partial charge in [0.15, 0.2) is 11.5 Å². The van der Waals surface area contributed by atoms with Crippen LogP contribution in [0.4, 0.5) is 10.1 Å². The van der Waals surface area contributed by atoms with Gasteiger partial charge in [0.2, 0.25) is 0 Å². The molecule has 0 aliphatic heterocycles. The Kier molecular flexibility index (Phi) is 9.72. The molecule has 0 saturated heterocycles. The highest BCUT2D eigenvalue weighted by Crippen LogP contribution is 2.29. The number of carbonyl (C=O) groups is 3. The molecule has 0 fully saturated rings. The second-order valence-electron chi connectivity index (χ2n) is 7.56. The summed E-state index contributed by atoms with van der Waals surface area (Å²) < 4.78 is 29.6. The lowest BCUT2D eigenvalue weighted by Crippen LogP contribution is -2.32. The average Bonchev–Trinajstić information content (AvgIpc) is 2.90. The molecule has 3 aromatic rings. The van der Waals surface area contributed by atoms with E-state index in [4.69, 9.17) is 14.2 Å². The van der Waals surface area contributed by atoms with Gasteiger partial charge < -0.3 is 19.5 Å². The molecule has 0 spiro atoms. The number of nitrogens with one attached hydrogen (secondary N) is 2. The zero-order chi connectivity index (χ0) is 26.6. The molecule has 0 unspecified atom stereocenters. The standard InChI is InChI=1S/C27H26FN3O6/c1-3-15-36-22-12-6-19(7-13-22)27(34)37-23-14-5-18(16-24(23)35-4-2)17-29-31-26(33)25(32)30-21-10-8-20(28)9-11-21/h5-14,16-17H,3-4,15H2,1-2H3,(H,30,32)(H,31,33)/b29-17-. The first-order valence-corrected chi connectivity index (χ1v) is 11.5. The predicted octanol–water partition coefficient (Wildman–Crippen LogP) is 4.32. The third-order valence-electron chi connectivity index (χ3n) is 4.72. The zero-order valence-electron chi connectivity index (χ0n) is 20.3. The van der Waals surface area contributed by atoms with Crippen LogP contribution in [0.1, 0.15) is 36.2 Å². The molecule has 10 heteroatoms. The Bertz CT molecular complexity index is 1260. The highest BCUT2D eigenvalue weighted by Gasteiger charge is 2.15. The van der Waals surface area contributed by atoms with Crippen molar-refractivity contribution in [1.82, 2.24) is 5.43 Å². The molecule has 0 atom stereocenters. The monoisotopic (exact) mass is 507 g/mol. The minimum absolute atomic E-state index is 0.207. The molecule has 0 bridgehead atoms. The Balaban J connectivity index is 1.60. The number of benzene rings is 3. The third kappa shape index (κ3) is 8.17. The molecule has 192 valence electrons.